The van der Waals surface area contributed by atoms with Gasteiger partial charge in [0.05, 0.1) is 17.9 Å². The fourth-order valence-corrected chi connectivity index (χ4v) is 2.02. The van der Waals surface area contributed by atoms with Gasteiger partial charge >= 0.3 is 5.97 Å². The number of carbonyl (C=O) groups is 1. The molecule has 17 heavy (non-hydrogen) atoms. The van der Waals surface area contributed by atoms with E-state index in [-0.39, 0.29) is 17.9 Å². The molecule has 0 atom stereocenters. The molecule has 0 heterocycles. The first-order valence-electron chi connectivity index (χ1n) is 4.70. The Bertz CT molecular complexity index is 523. The molecule has 0 aliphatic heterocycles. The maximum Gasteiger partial charge on any atom is 0.306 e. The molecule has 0 saturated carbocycles. The predicted molar refractivity (Wildman–Crippen MR) is 62.0 cm³/mol. The van der Waals surface area contributed by atoms with Crippen molar-refractivity contribution in [2.24, 2.45) is 0 Å². The summed E-state index contributed by atoms with van der Waals surface area (Å²) in [6.45, 7) is 1.69. The molecular formula is C10H11ClO5S. The Kier molecular flexibility index (Phi) is 4.36. The topological polar surface area (TPSA) is 80.7 Å². The van der Waals surface area contributed by atoms with Crippen molar-refractivity contribution in [1.82, 2.24) is 0 Å². The van der Waals surface area contributed by atoms with Crippen LogP contribution >= 0.6 is 10.7 Å². The lowest BCUT2D eigenvalue weighted by molar-refractivity contribution is -0.137. The van der Waals surface area contributed by atoms with Crippen LogP contribution in [0.4, 0.5) is 0 Å². The minimum absolute atomic E-state index is 0.0118. The highest BCUT2D eigenvalue weighted by molar-refractivity contribution is 8.13. The van der Waals surface area contributed by atoms with Crippen LogP contribution in [0.3, 0.4) is 0 Å². The molecule has 0 aliphatic carbocycles. The van der Waals surface area contributed by atoms with Crippen LogP contribution in [0, 0.1) is 6.92 Å². The standard InChI is InChI=1S/C10H11ClO5S/c1-7-6-8(17(11,14)15)2-3-9(7)16-5-4-10(12)13/h2-3,6H,4-5H2,1H3,(H,12,13). The zero-order valence-electron chi connectivity index (χ0n) is 9.01. The third-order valence-corrected chi connectivity index (χ3v) is 3.35. The van der Waals surface area contributed by atoms with Crippen molar-refractivity contribution in [3.8, 4) is 5.75 Å². The van der Waals surface area contributed by atoms with Crippen LogP contribution in [0.2, 0.25) is 0 Å². The number of benzene rings is 1. The Balaban J connectivity index is 2.80. The maximum atomic E-state index is 11.0. The summed E-state index contributed by atoms with van der Waals surface area (Å²) in [5.74, 6) is -0.516. The molecule has 0 radical (unpaired) electrons. The summed E-state index contributed by atoms with van der Waals surface area (Å²) in [6.07, 6.45) is -0.116. The van der Waals surface area contributed by atoms with Crippen molar-refractivity contribution in [2.75, 3.05) is 6.61 Å². The predicted octanol–water partition coefficient (Wildman–Crippen LogP) is 1.78. The van der Waals surface area contributed by atoms with Crippen molar-refractivity contribution in [1.29, 1.82) is 0 Å². The van der Waals surface area contributed by atoms with Gasteiger partial charge < -0.3 is 9.84 Å². The van der Waals surface area contributed by atoms with E-state index in [0.717, 1.165) is 0 Å². The Morgan fingerprint density at radius 2 is 2.12 bits per heavy atom. The van der Waals surface area contributed by atoms with E-state index in [1.165, 1.54) is 18.2 Å². The summed E-state index contributed by atoms with van der Waals surface area (Å²) < 4.78 is 27.3. The number of carboxylic acids is 1. The lowest BCUT2D eigenvalue weighted by Gasteiger charge is -2.08. The van der Waals surface area contributed by atoms with Gasteiger partial charge in [0.2, 0.25) is 0 Å². The van der Waals surface area contributed by atoms with Gasteiger partial charge in [0.1, 0.15) is 5.75 Å². The van der Waals surface area contributed by atoms with Gasteiger partial charge in [-0.1, -0.05) is 0 Å². The van der Waals surface area contributed by atoms with E-state index < -0.39 is 15.0 Å². The van der Waals surface area contributed by atoms with E-state index in [9.17, 15) is 13.2 Å². The van der Waals surface area contributed by atoms with Gasteiger partial charge in [-0.3, -0.25) is 4.79 Å². The maximum absolute atomic E-state index is 11.0. The lowest BCUT2D eigenvalue weighted by atomic mass is 10.2. The molecule has 94 valence electrons. The Labute approximate surface area is 103 Å². The number of ether oxygens (including phenoxy) is 1. The normalized spacial score (nSPS) is 11.2. The van der Waals surface area contributed by atoms with E-state index in [1.54, 1.807) is 6.92 Å². The van der Waals surface area contributed by atoms with Crippen molar-refractivity contribution in [2.45, 2.75) is 18.2 Å². The average Bonchev–Trinajstić information content (AvgIpc) is 2.18. The van der Waals surface area contributed by atoms with E-state index >= 15 is 0 Å². The number of aliphatic carboxylic acids is 1. The zero-order valence-corrected chi connectivity index (χ0v) is 10.6. The van der Waals surface area contributed by atoms with E-state index in [0.29, 0.717) is 11.3 Å². The number of halogens is 1. The highest BCUT2D eigenvalue weighted by Gasteiger charge is 2.11. The molecule has 0 fully saturated rings. The highest BCUT2D eigenvalue weighted by atomic mass is 35.7. The Morgan fingerprint density at radius 3 is 2.59 bits per heavy atom. The first kappa shape index (κ1) is 13.8. The summed E-state index contributed by atoms with van der Waals surface area (Å²) in [5, 5.41) is 8.43. The minimum atomic E-state index is -3.75. The quantitative estimate of drug-likeness (QED) is 0.830. The first-order chi connectivity index (χ1) is 7.80. The minimum Gasteiger partial charge on any atom is -0.493 e. The molecule has 0 spiro atoms. The van der Waals surface area contributed by atoms with Crippen molar-refractivity contribution < 1.29 is 23.1 Å². The van der Waals surface area contributed by atoms with Gasteiger partial charge in [-0.25, -0.2) is 8.42 Å². The third kappa shape index (κ3) is 4.24. The Hall–Kier alpha value is -1.27. The average molecular weight is 279 g/mol. The van der Waals surface area contributed by atoms with Crippen LogP contribution < -0.4 is 4.74 Å². The highest BCUT2D eigenvalue weighted by Crippen LogP contribution is 2.23. The molecule has 0 unspecified atom stereocenters. The van der Waals surface area contributed by atoms with Crippen LogP contribution in [0.5, 0.6) is 5.75 Å². The van der Waals surface area contributed by atoms with Gasteiger partial charge in [0.15, 0.2) is 0 Å². The molecule has 7 heteroatoms. The molecule has 1 rings (SSSR count). The van der Waals surface area contributed by atoms with Crippen LogP contribution in [0.1, 0.15) is 12.0 Å². The lowest BCUT2D eigenvalue weighted by Crippen LogP contribution is -2.05. The number of hydrogen-bond acceptors (Lipinski definition) is 4. The van der Waals surface area contributed by atoms with E-state index in [4.69, 9.17) is 20.5 Å². The molecule has 1 aromatic rings. The summed E-state index contributed by atoms with van der Waals surface area (Å²) in [7, 11) is 1.43. The van der Waals surface area contributed by atoms with Gasteiger partial charge in [-0.05, 0) is 30.7 Å². The fraction of sp³-hybridized carbons (Fsp3) is 0.300. The number of carboxylic acid groups (broad SMARTS) is 1. The molecule has 1 N–H and O–H groups in total. The molecule has 0 amide bonds. The van der Waals surface area contributed by atoms with Gasteiger partial charge in [0.25, 0.3) is 9.05 Å². The van der Waals surface area contributed by atoms with E-state index in [1.807, 2.05) is 0 Å². The molecule has 0 bridgehead atoms. The molecule has 0 aromatic heterocycles. The first-order valence-corrected chi connectivity index (χ1v) is 7.01. The van der Waals surface area contributed by atoms with E-state index in [2.05, 4.69) is 0 Å². The zero-order chi connectivity index (χ0) is 13.1. The number of rotatable bonds is 5. The van der Waals surface area contributed by atoms with Crippen molar-refractivity contribution in [3.05, 3.63) is 23.8 Å². The number of aryl methyl sites for hydroxylation is 1. The summed E-state index contributed by atoms with van der Waals surface area (Å²) in [4.78, 5) is 10.3. The van der Waals surface area contributed by atoms with Crippen LogP contribution in [-0.4, -0.2) is 26.1 Å². The van der Waals surface area contributed by atoms with Crippen LogP contribution in [0.15, 0.2) is 23.1 Å². The van der Waals surface area contributed by atoms with Crippen LogP contribution in [-0.2, 0) is 13.8 Å². The smallest absolute Gasteiger partial charge is 0.306 e. The SMILES string of the molecule is Cc1cc(S(=O)(=O)Cl)ccc1OCCC(=O)O. The molecule has 0 saturated heterocycles. The second-order valence-corrected chi connectivity index (χ2v) is 5.92. The van der Waals surface area contributed by atoms with Crippen molar-refractivity contribution in [3.63, 3.8) is 0 Å². The number of hydrogen-bond donors (Lipinski definition) is 1. The van der Waals surface area contributed by atoms with Gasteiger partial charge in [-0.2, -0.15) is 0 Å². The van der Waals surface area contributed by atoms with Crippen molar-refractivity contribution >= 4 is 25.7 Å². The van der Waals surface area contributed by atoms with Gasteiger partial charge in [0, 0.05) is 10.7 Å². The molecular weight excluding hydrogens is 268 g/mol. The van der Waals surface area contributed by atoms with Crippen LogP contribution in [0.25, 0.3) is 0 Å². The summed E-state index contributed by atoms with van der Waals surface area (Å²) in [6, 6.07) is 4.14. The molecule has 0 aliphatic rings. The van der Waals surface area contributed by atoms with Gasteiger partial charge in [-0.15, -0.1) is 0 Å². The fourth-order valence-electron chi connectivity index (χ4n) is 1.18. The Morgan fingerprint density at radius 1 is 1.47 bits per heavy atom. The third-order valence-electron chi connectivity index (χ3n) is 2.00. The molecule has 5 nitrogen and oxygen atoms in total. The summed E-state index contributed by atoms with van der Waals surface area (Å²) >= 11 is 0. The summed E-state index contributed by atoms with van der Waals surface area (Å²) in [5.41, 5.74) is 0.581. The monoisotopic (exact) mass is 278 g/mol. The second kappa shape index (κ2) is 5.37. The second-order valence-electron chi connectivity index (χ2n) is 3.36. The molecule has 1 aromatic carbocycles. The largest absolute Gasteiger partial charge is 0.493 e.